The van der Waals surface area contributed by atoms with Crippen LogP contribution in [0.2, 0.25) is 10.0 Å². The minimum Gasteiger partial charge on any atom is -0.315 e. The van der Waals surface area contributed by atoms with Crippen LogP contribution in [0.4, 0.5) is 25.4 Å². The van der Waals surface area contributed by atoms with Gasteiger partial charge in [0.05, 0.1) is 11.8 Å². The van der Waals surface area contributed by atoms with Crippen molar-refractivity contribution in [1.82, 2.24) is 15.4 Å². The number of carbonyl (C=O) groups is 3. The molecular weight excluding hydrogens is 586 g/mol. The summed E-state index contributed by atoms with van der Waals surface area (Å²) in [7, 11) is 0. The van der Waals surface area contributed by atoms with Crippen LogP contribution in [0.3, 0.4) is 0 Å². The molecule has 220 valence electrons. The molecular formula is C29H29Cl2FN6O4. The molecule has 1 heterocycles. The van der Waals surface area contributed by atoms with Crippen molar-refractivity contribution >= 4 is 58.8 Å². The van der Waals surface area contributed by atoms with Crippen molar-refractivity contribution < 1.29 is 24.0 Å². The van der Waals surface area contributed by atoms with E-state index in [0.717, 1.165) is 0 Å². The van der Waals surface area contributed by atoms with Gasteiger partial charge in [-0.3, -0.25) is 14.9 Å². The van der Waals surface area contributed by atoms with Crippen LogP contribution in [0, 0.1) is 5.82 Å². The highest BCUT2D eigenvalue weighted by atomic mass is 35.5. The second-order valence-corrected chi connectivity index (χ2v) is 10.9. The van der Waals surface area contributed by atoms with Gasteiger partial charge in [-0.2, -0.15) is 10.2 Å². The van der Waals surface area contributed by atoms with Gasteiger partial charge >= 0.3 is 12.1 Å². The molecule has 0 bridgehead atoms. The van der Waals surface area contributed by atoms with Gasteiger partial charge in [-0.15, -0.1) is 0 Å². The molecule has 0 aromatic heterocycles. The first-order valence-electron chi connectivity index (χ1n) is 13.0. The van der Waals surface area contributed by atoms with Crippen molar-refractivity contribution in [3.8, 4) is 0 Å². The maximum Gasteiger partial charge on any atom is 0.347 e. The number of nitrogens with one attached hydrogen (secondary N) is 2. The normalized spacial score (nSPS) is 16.1. The summed E-state index contributed by atoms with van der Waals surface area (Å²) in [5.74, 6) is -0.761. The quantitative estimate of drug-likeness (QED) is 0.148. The number of hydrogen-bond donors (Lipinski definition) is 3. The van der Waals surface area contributed by atoms with Gasteiger partial charge < -0.3 is 10.2 Å². The van der Waals surface area contributed by atoms with Crippen LogP contribution in [0.15, 0.2) is 77.9 Å². The summed E-state index contributed by atoms with van der Waals surface area (Å²) >= 11 is 12.2. The largest absolute Gasteiger partial charge is 0.347 e. The van der Waals surface area contributed by atoms with Gasteiger partial charge in [0.2, 0.25) is 5.91 Å². The maximum absolute atomic E-state index is 13.8. The van der Waals surface area contributed by atoms with Gasteiger partial charge in [0.25, 0.3) is 0 Å². The Morgan fingerprint density at radius 2 is 1.74 bits per heavy atom. The number of benzene rings is 3. The first-order valence-corrected chi connectivity index (χ1v) is 13.7. The third-order valence-corrected chi connectivity index (χ3v) is 7.14. The number of anilines is 2. The minimum atomic E-state index is -1.17. The number of hydroxylamine groups is 2. The molecule has 0 saturated carbocycles. The van der Waals surface area contributed by atoms with E-state index in [-0.39, 0.29) is 31.1 Å². The Morgan fingerprint density at radius 1 is 1.07 bits per heavy atom. The van der Waals surface area contributed by atoms with Gasteiger partial charge in [0, 0.05) is 34.4 Å². The molecule has 0 radical (unpaired) electrons. The first-order chi connectivity index (χ1) is 20.0. The van der Waals surface area contributed by atoms with Gasteiger partial charge in [0.15, 0.2) is 6.17 Å². The van der Waals surface area contributed by atoms with Crippen molar-refractivity contribution in [2.75, 3.05) is 16.8 Å². The third-order valence-electron chi connectivity index (χ3n) is 6.67. The highest BCUT2D eigenvalue weighted by Gasteiger charge is 2.55. The maximum atomic E-state index is 13.8. The van der Waals surface area contributed by atoms with Crippen LogP contribution < -0.4 is 15.6 Å². The molecule has 1 fully saturated rings. The molecule has 0 spiro atoms. The van der Waals surface area contributed by atoms with Crippen molar-refractivity contribution in [1.29, 1.82) is 0 Å². The highest BCUT2D eigenvalue weighted by molar-refractivity contribution is 6.31. The van der Waals surface area contributed by atoms with Crippen LogP contribution >= 0.6 is 23.2 Å². The monoisotopic (exact) mass is 614 g/mol. The van der Waals surface area contributed by atoms with E-state index in [1.54, 1.807) is 56.3 Å². The molecule has 42 heavy (non-hydrogen) atoms. The van der Waals surface area contributed by atoms with Crippen LogP contribution in [-0.2, 0) is 4.79 Å². The smallest absolute Gasteiger partial charge is 0.315 e. The van der Waals surface area contributed by atoms with E-state index >= 15 is 0 Å². The zero-order chi connectivity index (χ0) is 30.4. The SMILES string of the molecule is CC1(C)C(N(O)C(=O)Nc2cccc(Cl)c2)N(c2cccc(Cl)c2)C(=O)N1CCCC(=O)N/N=C/c1ccc(F)cc1. The molecule has 0 aliphatic carbocycles. The van der Waals surface area contributed by atoms with E-state index in [1.165, 1.54) is 46.3 Å². The Morgan fingerprint density at radius 3 is 2.40 bits per heavy atom. The predicted octanol–water partition coefficient (Wildman–Crippen LogP) is 6.33. The summed E-state index contributed by atoms with van der Waals surface area (Å²) < 4.78 is 13.0. The summed E-state index contributed by atoms with van der Waals surface area (Å²) in [4.78, 5) is 42.0. The average Bonchev–Trinajstić information content (AvgIpc) is 3.14. The number of nitrogens with zero attached hydrogens (tertiary/aromatic N) is 4. The Labute approximate surface area is 252 Å². The molecule has 1 unspecified atom stereocenters. The lowest BCUT2D eigenvalue weighted by molar-refractivity contribution is -0.121. The predicted molar refractivity (Wildman–Crippen MR) is 159 cm³/mol. The van der Waals surface area contributed by atoms with Gasteiger partial charge in [-0.1, -0.05) is 47.5 Å². The third kappa shape index (κ3) is 7.17. The Balaban J connectivity index is 1.48. The highest BCUT2D eigenvalue weighted by Crippen LogP contribution is 2.38. The molecule has 3 aromatic carbocycles. The second-order valence-electron chi connectivity index (χ2n) is 10.0. The Hall–Kier alpha value is -4.19. The fourth-order valence-corrected chi connectivity index (χ4v) is 5.02. The minimum absolute atomic E-state index is 0.0422. The van der Waals surface area contributed by atoms with Crippen molar-refractivity contribution in [2.24, 2.45) is 5.10 Å². The summed E-state index contributed by atoms with van der Waals surface area (Å²) in [6, 6.07) is 17.2. The summed E-state index contributed by atoms with van der Waals surface area (Å²) in [6.45, 7) is 3.56. The Kier molecular flexibility index (Phi) is 9.66. The molecule has 1 aliphatic rings. The van der Waals surface area contributed by atoms with E-state index in [0.29, 0.717) is 32.0 Å². The molecule has 1 saturated heterocycles. The summed E-state index contributed by atoms with van der Waals surface area (Å²) in [5, 5.41) is 18.9. The van der Waals surface area contributed by atoms with Crippen LogP contribution in [0.5, 0.6) is 0 Å². The molecule has 4 rings (SSSR count). The summed E-state index contributed by atoms with van der Waals surface area (Å²) in [5.41, 5.74) is 2.63. The average molecular weight is 615 g/mol. The zero-order valence-corrected chi connectivity index (χ0v) is 24.3. The van der Waals surface area contributed by atoms with Crippen molar-refractivity contribution in [3.05, 3.63) is 94.2 Å². The van der Waals surface area contributed by atoms with Gasteiger partial charge in [0.1, 0.15) is 5.82 Å². The zero-order valence-electron chi connectivity index (χ0n) is 22.8. The van der Waals surface area contributed by atoms with E-state index in [4.69, 9.17) is 23.2 Å². The van der Waals surface area contributed by atoms with E-state index < -0.39 is 23.8 Å². The van der Waals surface area contributed by atoms with Gasteiger partial charge in [-0.05, 0) is 74.4 Å². The molecule has 3 aromatic rings. The standard InChI is InChI=1S/C29H29Cl2FN6O4/c1-29(2)26(38(42)27(40)34-23-8-3-6-20(30)16-23)37(24-9-4-7-21(31)17-24)28(41)36(29)15-5-10-25(39)35-33-18-19-11-13-22(32)14-12-19/h3-4,6-9,11-14,16-18,26,42H,5,10,15H2,1-2H3,(H,34,40)(H,35,39)/b33-18+. The lowest BCUT2D eigenvalue weighted by Gasteiger charge is -2.38. The molecule has 3 N–H and O–H groups in total. The number of hydrogen-bond acceptors (Lipinski definition) is 5. The lowest BCUT2D eigenvalue weighted by Crippen LogP contribution is -2.58. The van der Waals surface area contributed by atoms with E-state index in [9.17, 15) is 24.0 Å². The number of rotatable bonds is 9. The molecule has 13 heteroatoms. The molecule has 5 amide bonds. The summed E-state index contributed by atoms with van der Waals surface area (Å²) in [6.07, 6.45) is 0.531. The lowest BCUT2D eigenvalue weighted by atomic mass is 9.99. The van der Waals surface area contributed by atoms with E-state index in [1.807, 2.05) is 0 Å². The number of carbonyl (C=O) groups excluding carboxylic acids is 3. The fraction of sp³-hybridized carbons (Fsp3) is 0.241. The topological polar surface area (TPSA) is 118 Å². The van der Waals surface area contributed by atoms with Crippen LogP contribution in [0.25, 0.3) is 0 Å². The van der Waals surface area contributed by atoms with Crippen molar-refractivity contribution in [2.45, 2.75) is 38.4 Å². The van der Waals surface area contributed by atoms with E-state index in [2.05, 4.69) is 15.8 Å². The first kappa shape index (κ1) is 30.8. The molecule has 10 nitrogen and oxygen atoms in total. The van der Waals surface area contributed by atoms with Crippen LogP contribution in [0.1, 0.15) is 32.3 Å². The van der Waals surface area contributed by atoms with Crippen LogP contribution in [-0.4, -0.2) is 57.6 Å². The number of hydrazone groups is 1. The number of urea groups is 2. The molecule has 1 aliphatic heterocycles. The fourth-order valence-electron chi connectivity index (χ4n) is 4.65. The molecule has 1 atom stereocenters. The Bertz CT molecular complexity index is 1490. The van der Waals surface area contributed by atoms with Crippen molar-refractivity contribution in [3.63, 3.8) is 0 Å². The number of halogens is 3. The number of amides is 5. The second kappa shape index (κ2) is 13.2. The van der Waals surface area contributed by atoms with Gasteiger partial charge in [-0.25, -0.2) is 19.4 Å².